The third-order valence-electron chi connectivity index (χ3n) is 2.95. The summed E-state index contributed by atoms with van der Waals surface area (Å²) in [6.07, 6.45) is 0. The van der Waals surface area contributed by atoms with E-state index in [4.69, 9.17) is 0 Å². The van der Waals surface area contributed by atoms with Crippen LogP contribution in [0.5, 0.6) is 0 Å². The van der Waals surface area contributed by atoms with Gasteiger partial charge in [0.05, 0.1) is 18.3 Å². The van der Waals surface area contributed by atoms with Gasteiger partial charge in [0, 0.05) is 17.7 Å². The lowest BCUT2D eigenvalue weighted by Crippen LogP contribution is -2.39. The molecule has 1 aromatic carbocycles. The van der Waals surface area contributed by atoms with Gasteiger partial charge in [0.2, 0.25) is 0 Å². The Morgan fingerprint density at radius 2 is 2.20 bits per heavy atom. The van der Waals surface area contributed by atoms with Crippen LogP contribution in [0.4, 0.5) is 5.69 Å². The maximum Gasteiger partial charge on any atom is 0.0643 e. The Morgan fingerprint density at radius 1 is 1.47 bits per heavy atom. The highest BCUT2D eigenvalue weighted by atomic mass is 32.2. The third-order valence-corrected chi connectivity index (χ3v) is 4.13. The molecule has 1 atom stereocenters. The molecule has 1 aliphatic heterocycles. The summed E-state index contributed by atoms with van der Waals surface area (Å²) in [6.45, 7) is 4.50. The molecular formula is C12H17NOS. The lowest BCUT2D eigenvalue weighted by molar-refractivity contribution is 0.271. The van der Waals surface area contributed by atoms with Crippen LogP contribution >= 0.6 is 11.8 Å². The van der Waals surface area contributed by atoms with Crippen LogP contribution in [0.25, 0.3) is 0 Å². The van der Waals surface area contributed by atoms with Crippen molar-refractivity contribution in [2.45, 2.75) is 24.8 Å². The molecule has 2 nitrogen and oxygen atoms in total. The van der Waals surface area contributed by atoms with Gasteiger partial charge in [-0.05, 0) is 31.0 Å². The van der Waals surface area contributed by atoms with Gasteiger partial charge in [0.25, 0.3) is 0 Å². The molecule has 82 valence electrons. The van der Waals surface area contributed by atoms with Gasteiger partial charge >= 0.3 is 0 Å². The van der Waals surface area contributed by atoms with Crippen molar-refractivity contribution in [3.8, 4) is 0 Å². The van der Waals surface area contributed by atoms with Gasteiger partial charge in [-0.15, -0.1) is 11.8 Å². The van der Waals surface area contributed by atoms with Gasteiger partial charge in [0.1, 0.15) is 0 Å². The van der Waals surface area contributed by atoms with Crippen LogP contribution in [0, 0.1) is 13.8 Å². The van der Waals surface area contributed by atoms with Crippen LogP contribution < -0.4 is 4.90 Å². The summed E-state index contributed by atoms with van der Waals surface area (Å²) in [4.78, 5) is 3.56. The number of likely N-dealkylation sites (N-methyl/N-ethyl adjacent to an activating group) is 1. The molecule has 2 rings (SSSR count). The molecule has 1 aliphatic rings. The molecule has 1 heterocycles. The highest BCUT2D eigenvalue weighted by Crippen LogP contribution is 2.39. The molecule has 1 aromatic rings. The van der Waals surface area contributed by atoms with E-state index in [2.05, 4.69) is 37.9 Å². The van der Waals surface area contributed by atoms with Crippen LogP contribution in [0.2, 0.25) is 0 Å². The summed E-state index contributed by atoms with van der Waals surface area (Å²) >= 11 is 1.85. The Morgan fingerprint density at radius 3 is 2.87 bits per heavy atom. The Kier molecular flexibility index (Phi) is 2.94. The van der Waals surface area contributed by atoms with Crippen molar-refractivity contribution in [1.82, 2.24) is 0 Å². The fourth-order valence-electron chi connectivity index (χ4n) is 2.14. The number of aliphatic hydroxyl groups is 1. The molecule has 0 fully saturated rings. The van der Waals surface area contributed by atoms with E-state index < -0.39 is 0 Å². The number of hydrogen-bond donors (Lipinski definition) is 1. The number of anilines is 1. The van der Waals surface area contributed by atoms with Crippen LogP contribution in [-0.4, -0.2) is 30.6 Å². The van der Waals surface area contributed by atoms with Crippen LogP contribution in [0.15, 0.2) is 17.0 Å². The van der Waals surface area contributed by atoms with Gasteiger partial charge in [0.15, 0.2) is 0 Å². The predicted molar refractivity (Wildman–Crippen MR) is 65.9 cm³/mol. The van der Waals surface area contributed by atoms with E-state index in [0.717, 1.165) is 5.75 Å². The van der Waals surface area contributed by atoms with E-state index in [1.807, 2.05) is 11.8 Å². The van der Waals surface area contributed by atoms with Crippen LogP contribution in [0.1, 0.15) is 11.1 Å². The molecule has 0 bridgehead atoms. The van der Waals surface area contributed by atoms with Crippen LogP contribution in [-0.2, 0) is 0 Å². The number of fused-ring (bicyclic) bond motifs is 1. The molecule has 0 saturated carbocycles. The average Bonchev–Trinajstić information content (AvgIpc) is 2.17. The minimum atomic E-state index is 0.232. The second kappa shape index (κ2) is 4.06. The third kappa shape index (κ3) is 1.86. The Balaban J connectivity index is 2.47. The number of rotatable bonds is 1. The van der Waals surface area contributed by atoms with Gasteiger partial charge < -0.3 is 10.0 Å². The summed E-state index contributed by atoms with van der Waals surface area (Å²) in [7, 11) is 2.07. The summed E-state index contributed by atoms with van der Waals surface area (Å²) < 4.78 is 0. The zero-order chi connectivity index (χ0) is 11.0. The Bertz CT molecular complexity index is 378. The largest absolute Gasteiger partial charge is 0.394 e. The molecule has 0 radical (unpaired) electrons. The quantitative estimate of drug-likeness (QED) is 0.789. The Labute approximate surface area is 95.3 Å². The molecule has 1 unspecified atom stereocenters. The van der Waals surface area contributed by atoms with Gasteiger partial charge in [-0.1, -0.05) is 6.07 Å². The standard InChI is InChI=1S/C12H17NOS/c1-8-4-9(2)12-11(5-8)15-7-10(6-14)13(12)3/h4-5,10,14H,6-7H2,1-3H3. The van der Waals surface area contributed by atoms with E-state index in [1.165, 1.54) is 21.7 Å². The smallest absolute Gasteiger partial charge is 0.0643 e. The number of aliphatic hydroxyl groups excluding tert-OH is 1. The minimum Gasteiger partial charge on any atom is -0.394 e. The molecule has 0 aromatic heterocycles. The average molecular weight is 223 g/mol. The summed E-state index contributed by atoms with van der Waals surface area (Å²) in [5.41, 5.74) is 3.91. The van der Waals surface area contributed by atoms with Crippen molar-refractivity contribution in [3.63, 3.8) is 0 Å². The minimum absolute atomic E-state index is 0.232. The van der Waals surface area contributed by atoms with Gasteiger partial charge in [-0.3, -0.25) is 0 Å². The fraction of sp³-hybridized carbons (Fsp3) is 0.500. The highest BCUT2D eigenvalue weighted by molar-refractivity contribution is 7.99. The lowest BCUT2D eigenvalue weighted by Gasteiger charge is -2.35. The number of thioether (sulfide) groups is 1. The van der Waals surface area contributed by atoms with E-state index >= 15 is 0 Å². The number of nitrogens with zero attached hydrogens (tertiary/aromatic N) is 1. The lowest BCUT2D eigenvalue weighted by atomic mass is 10.1. The van der Waals surface area contributed by atoms with E-state index in [-0.39, 0.29) is 12.6 Å². The zero-order valence-corrected chi connectivity index (χ0v) is 10.3. The monoisotopic (exact) mass is 223 g/mol. The Hall–Kier alpha value is -0.670. The molecule has 0 aliphatic carbocycles. The number of benzene rings is 1. The molecule has 1 N–H and O–H groups in total. The maximum absolute atomic E-state index is 9.28. The SMILES string of the molecule is Cc1cc(C)c2c(c1)SCC(CO)N2C. The normalized spacial score (nSPS) is 20.3. The second-order valence-electron chi connectivity index (χ2n) is 4.19. The number of aryl methyl sites for hydroxylation is 2. The first-order valence-electron chi connectivity index (χ1n) is 5.21. The van der Waals surface area contributed by atoms with Gasteiger partial charge in [-0.2, -0.15) is 0 Å². The number of hydrogen-bond acceptors (Lipinski definition) is 3. The predicted octanol–water partition coefficient (Wildman–Crippen LogP) is 2.21. The van der Waals surface area contributed by atoms with Crippen molar-refractivity contribution in [2.24, 2.45) is 0 Å². The molecule has 15 heavy (non-hydrogen) atoms. The summed E-state index contributed by atoms with van der Waals surface area (Å²) in [6, 6.07) is 4.69. The first kappa shape index (κ1) is 10.8. The molecule has 0 spiro atoms. The van der Waals surface area contributed by atoms with Crippen LogP contribution in [0.3, 0.4) is 0 Å². The zero-order valence-electron chi connectivity index (χ0n) is 9.45. The highest BCUT2D eigenvalue weighted by Gasteiger charge is 2.24. The second-order valence-corrected chi connectivity index (χ2v) is 5.25. The van der Waals surface area contributed by atoms with E-state index in [0.29, 0.717) is 0 Å². The molecule has 3 heteroatoms. The summed E-state index contributed by atoms with van der Waals surface area (Å²) in [5.74, 6) is 0.975. The van der Waals surface area contributed by atoms with Crippen molar-refractivity contribution in [3.05, 3.63) is 23.3 Å². The van der Waals surface area contributed by atoms with Crippen molar-refractivity contribution in [1.29, 1.82) is 0 Å². The van der Waals surface area contributed by atoms with Crippen molar-refractivity contribution in [2.75, 3.05) is 24.3 Å². The molecule has 0 amide bonds. The van der Waals surface area contributed by atoms with E-state index in [9.17, 15) is 5.11 Å². The van der Waals surface area contributed by atoms with Crippen molar-refractivity contribution < 1.29 is 5.11 Å². The first-order chi connectivity index (χ1) is 7.13. The van der Waals surface area contributed by atoms with Crippen molar-refractivity contribution >= 4 is 17.4 Å². The van der Waals surface area contributed by atoms with E-state index in [1.54, 1.807) is 0 Å². The maximum atomic E-state index is 9.28. The van der Waals surface area contributed by atoms with Gasteiger partial charge in [-0.25, -0.2) is 0 Å². The fourth-order valence-corrected chi connectivity index (χ4v) is 3.55. The topological polar surface area (TPSA) is 23.5 Å². The first-order valence-corrected chi connectivity index (χ1v) is 6.19. The molecular weight excluding hydrogens is 206 g/mol. The molecule has 0 saturated heterocycles. The summed E-state index contributed by atoms with van der Waals surface area (Å²) in [5, 5.41) is 9.28.